The van der Waals surface area contributed by atoms with Gasteiger partial charge >= 0.3 is 5.97 Å². The molecule has 2 aromatic rings. The van der Waals surface area contributed by atoms with Gasteiger partial charge in [0.2, 0.25) is 0 Å². The topological polar surface area (TPSA) is 67.3 Å². The standard InChI is InChI=1S/C20H25N3O2/c1-4-9-16-18(20(24)25-6-3)17(15-12-21-23-19(15)22-16)14-11-8-7-10-13(14)5-2/h7-8,10-12,17-18H,4-6,9H2,1-3H3,(H,21,23). The second-order valence-electron chi connectivity index (χ2n) is 6.29. The second kappa shape index (κ2) is 7.64. The van der Waals surface area contributed by atoms with Crippen LogP contribution in [0.2, 0.25) is 0 Å². The summed E-state index contributed by atoms with van der Waals surface area (Å²) in [5.41, 5.74) is 4.26. The first-order valence-electron chi connectivity index (χ1n) is 9.06. The highest BCUT2D eigenvalue weighted by Gasteiger charge is 2.41. The summed E-state index contributed by atoms with van der Waals surface area (Å²) in [6.07, 6.45) is 4.41. The summed E-state index contributed by atoms with van der Waals surface area (Å²) in [4.78, 5) is 17.6. The zero-order valence-electron chi connectivity index (χ0n) is 15.1. The van der Waals surface area contributed by atoms with Crippen molar-refractivity contribution in [1.82, 2.24) is 10.2 Å². The maximum Gasteiger partial charge on any atom is 0.315 e. The van der Waals surface area contributed by atoms with Crippen LogP contribution in [0.4, 0.5) is 5.82 Å². The van der Waals surface area contributed by atoms with E-state index in [1.54, 1.807) is 6.20 Å². The van der Waals surface area contributed by atoms with Gasteiger partial charge in [0.15, 0.2) is 5.82 Å². The molecule has 0 bridgehead atoms. The summed E-state index contributed by atoms with van der Waals surface area (Å²) in [6, 6.07) is 8.31. The molecule has 2 unspecified atom stereocenters. The molecule has 0 fully saturated rings. The van der Waals surface area contributed by atoms with Gasteiger partial charge in [0, 0.05) is 17.2 Å². The molecule has 1 aliphatic heterocycles. The lowest BCUT2D eigenvalue weighted by atomic mass is 9.74. The number of nitrogens with zero attached hydrogens (tertiary/aromatic N) is 2. The van der Waals surface area contributed by atoms with Crippen LogP contribution in [-0.4, -0.2) is 28.5 Å². The number of hydrogen-bond donors (Lipinski definition) is 1. The molecule has 2 heterocycles. The molecule has 0 spiro atoms. The van der Waals surface area contributed by atoms with Crippen LogP contribution in [0.1, 0.15) is 56.2 Å². The number of nitrogens with one attached hydrogen (secondary N) is 1. The Morgan fingerprint density at radius 1 is 1.20 bits per heavy atom. The lowest BCUT2D eigenvalue weighted by molar-refractivity contribution is -0.146. The monoisotopic (exact) mass is 339 g/mol. The van der Waals surface area contributed by atoms with Crippen molar-refractivity contribution in [3.8, 4) is 0 Å². The summed E-state index contributed by atoms with van der Waals surface area (Å²) in [6.45, 7) is 6.45. The SMILES string of the molecule is CCCC1=Nc2[nH]ncc2C(c2ccccc2CC)C1C(=O)OCC. The Bertz CT molecular complexity index is 779. The predicted molar refractivity (Wildman–Crippen MR) is 98.4 cm³/mol. The highest BCUT2D eigenvalue weighted by molar-refractivity contribution is 6.06. The number of hydrogen-bond acceptors (Lipinski definition) is 4. The Kier molecular flexibility index (Phi) is 5.31. The number of fused-ring (bicyclic) bond motifs is 1. The Morgan fingerprint density at radius 3 is 2.72 bits per heavy atom. The fraction of sp³-hybridized carbons (Fsp3) is 0.450. The van der Waals surface area contributed by atoms with Crippen LogP contribution in [0.5, 0.6) is 0 Å². The van der Waals surface area contributed by atoms with Crippen LogP contribution in [0.15, 0.2) is 35.5 Å². The number of carbonyl (C=O) groups excluding carboxylic acids is 1. The second-order valence-corrected chi connectivity index (χ2v) is 6.29. The number of carbonyl (C=O) groups is 1. The average molecular weight is 339 g/mol. The number of aryl methyl sites for hydroxylation is 1. The molecule has 1 aromatic carbocycles. The van der Waals surface area contributed by atoms with Crippen molar-refractivity contribution in [2.75, 3.05) is 6.61 Å². The van der Waals surface area contributed by atoms with Crippen LogP contribution < -0.4 is 0 Å². The summed E-state index contributed by atoms with van der Waals surface area (Å²) in [5.74, 6) is 0.0676. The molecule has 2 atom stereocenters. The molecule has 0 amide bonds. The number of aromatic amines is 1. The number of rotatable bonds is 6. The van der Waals surface area contributed by atoms with Crippen molar-refractivity contribution in [3.05, 3.63) is 47.2 Å². The normalized spacial score (nSPS) is 19.2. The van der Waals surface area contributed by atoms with E-state index in [9.17, 15) is 4.79 Å². The molecule has 1 aliphatic rings. The minimum absolute atomic E-state index is 0.108. The van der Waals surface area contributed by atoms with Crippen LogP contribution in [-0.2, 0) is 16.0 Å². The average Bonchev–Trinajstić information content (AvgIpc) is 3.09. The highest BCUT2D eigenvalue weighted by Crippen LogP contribution is 2.43. The molecule has 5 nitrogen and oxygen atoms in total. The third-order valence-electron chi connectivity index (χ3n) is 4.75. The lowest BCUT2D eigenvalue weighted by Crippen LogP contribution is -2.34. The van der Waals surface area contributed by atoms with E-state index in [0.717, 1.165) is 41.9 Å². The molecule has 1 N–H and O–H groups in total. The molecule has 25 heavy (non-hydrogen) atoms. The van der Waals surface area contributed by atoms with E-state index in [0.29, 0.717) is 6.61 Å². The van der Waals surface area contributed by atoms with Gasteiger partial charge in [0.25, 0.3) is 0 Å². The lowest BCUT2D eigenvalue weighted by Gasteiger charge is -2.31. The van der Waals surface area contributed by atoms with Crippen molar-refractivity contribution in [2.24, 2.45) is 10.9 Å². The van der Waals surface area contributed by atoms with Gasteiger partial charge in [-0.3, -0.25) is 9.89 Å². The molecule has 1 aromatic heterocycles. The first-order chi connectivity index (χ1) is 12.2. The van der Waals surface area contributed by atoms with Gasteiger partial charge in [-0.2, -0.15) is 5.10 Å². The fourth-order valence-corrected chi connectivity index (χ4v) is 3.67. The molecule has 0 saturated carbocycles. The van der Waals surface area contributed by atoms with Crippen LogP contribution in [0.3, 0.4) is 0 Å². The van der Waals surface area contributed by atoms with Gasteiger partial charge in [-0.15, -0.1) is 0 Å². The van der Waals surface area contributed by atoms with Gasteiger partial charge in [-0.1, -0.05) is 44.5 Å². The van der Waals surface area contributed by atoms with E-state index in [1.807, 2.05) is 19.1 Å². The number of esters is 1. The molecular weight excluding hydrogens is 314 g/mol. The first kappa shape index (κ1) is 17.4. The van der Waals surface area contributed by atoms with Gasteiger partial charge in [0.1, 0.15) is 5.92 Å². The van der Waals surface area contributed by atoms with Crippen LogP contribution in [0, 0.1) is 5.92 Å². The smallest absolute Gasteiger partial charge is 0.315 e. The van der Waals surface area contributed by atoms with Gasteiger partial charge in [-0.25, -0.2) is 4.99 Å². The van der Waals surface area contributed by atoms with Gasteiger partial charge in [0.05, 0.1) is 12.8 Å². The number of aliphatic imine (C=N–C) groups is 1. The number of ether oxygens (including phenoxy) is 1. The third kappa shape index (κ3) is 3.23. The van der Waals surface area contributed by atoms with E-state index in [4.69, 9.17) is 9.73 Å². The van der Waals surface area contributed by atoms with Crippen molar-refractivity contribution < 1.29 is 9.53 Å². The van der Waals surface area contributed by atoms with Crippen molar-refractivity contribution >= 4 is 17.5 Å². The molecule has 5 heteroatoms. The van der Waals surface area contributed by atoms with Crippen LogP contribution >= 0.6 is 0 Å². The number of aromatic nitrogens is 2. The largest absolute Gasteiger partial charge is 0.465 e. The minimum atomic E-state index is -0.391. The zero-order chi connectivity index (χ0) is 17.8. The summed E-state index contributed by atoms with van der Waals surface area (Å²) < 4.78 is 5.42. The van der Waals surface area contributed by atoms with E-state index >= 15 is 0 Å². The molecule has 132 valence electrons. The molecule has 0 saturated heterocycles. The summed E-state index contributed by atoms with van der Waals surface area (Å²) in [7, 11) is 0. The first-order valence-corrected chi connectivity index (χ1v) is 9.06. The van der Waals surface area contributed by atoms with Crippen LogP contribution in [0.25, 0.3) is 0 Å². The molecular formula is C20H25N3O2. The van der Waals surface area contributed by atoms with Crippen molar-refractivity contribution in [1.29, 1.82) is 0 Å². The molecule has 3 rings (SSSR count). The number of benzene rings is 1. The number of H-pyrrole nitrogens is 1. The Labute approximate surface area is 148 Å². The highest BCUT2D eigenvalue weighted by atomic mass is 16.5. The van der Waals surface area contributed by atoms with E-state index in [1.165, 1.54) is 5.56 Å². The zero-order valence-corrected chi connectivity index (χ0v) is 15.1. The minimum Gasteiger partial charge on any atom is -0.465 e. The maximum absolute atomic E-state index is 12.9. The molecule has 0 aliphatic carbocycles. The Balaban J connectivity index is 2.17. The van der Waals surface area contributed by atoms with E-state index in [2.05, 4.69) is 36.2 Å². The quantitative estimate of drug-likeness (QED) is 0.803. The van der Waals surface area contributed by atoms with Crippen molar-refractivity contribution in [2.45, 2.75) is 46.0 Å². The third-order valence-corrected chi connectivity index (χ3v) is 4.75. The summed E-state index contributed by atoms with van der Waals surface area (Å²) in [5, 5.41) is 7.17. The van der Waals surface area contributed by atoms with E-state index in [-0.39, 0.29) is 11.9 Å². The Morgan fingerprint density at radius 2 is 2.00 bits per heavy atom. The fourth-order valence-electron chi connectivity index (χ4n) is 3.67. The Hall–Kier alpha value is -2.43. The maximum atomic E-state index is 12.9. The van der Waals surface area contributed by atoms with Gasteiger partial charge < -0.3 is 4.74 Å². The van der Waals surface area contributed by atoms with Crippen molar-refractivity contribution in [3.63, 3.8) is 0 Å². The summed E-state index contributed by atoms with van der Waals surface area (Å²) >= 11 is 0. The molecule has 0 radical (unpaired) electrons. The van der Waals surface area contributed by atoms with E-state index < -0.39 is 5.92 Å². The predicted octanol–water partition coefficient (Wildman–Crippen LogP) is 4.17. The van der Waals surface area contributed by atoms with Gasteiger partial charge in [-0.05, 0) is 30.9 Å².